The maximum Gasteiger partial charge on any atom is 0.145 e. The van der Waals surface area contributed by atoms with Crippen LogP contribution in [0.2, 0.25) is 0 Å². The zero-order chi connectivity index (χ0) is 14.0. The van der Waals surface area contributed by atoms with E-state index in [0.717, 1.165) is 17.1 Å². The van der Waals surface area contributed by atoms with Crippen LogP contribution in [-0.2, 0) is 6.54 Å². The van der Waals surface area contributed by atoms with E-state index in [1.165, 1.54) is 0 Å². The molecule has 0 aliphatic carbocycles. The molecule has 0 amide bonds. The summed E-state index contributed by atoms with van der Waals surface area (Å²) in [5, 5.41) is 7.66. The van der Waals surface area contributed by atoms with E-state index in [-0.39, 0.29) is 18.4 Å². The Morgan fingerprint density at radius 1 is 1.15 bits per heavy atom. The topological polar surface area (TPSA) is 108 Å². The molecular weight excluding hydrogens is 276 g/mol. The van der Waals surface area contributed by atoms with Gasteiger partial charge in [-0.3, -0.25) is 0 Å². The minimum atomic E-state index is 0. The van der Waals surface area contributed by atoms with E-state index < -0.39 is 0 Å². The van der Waals surface area contributed by atoms with E-state index >= 15 is 0 Å². The molecule has 110 valence electrons. The molecular formula is C13H21ClN6. The van der Waals surface area contributed by atoms with Crippen LogP contribution in [0.5, 0.6) is 0 Å². The number of nitrogens with two attached hydrogens (primary N) is 3. The highest BCUT2D eigenvalue weighted by Gasteiger charge is 2.14. The van der Waals surface area contributed by atoms with Crippen molar-refractivity contribution in [2.75, 3.05) is 22.5 Å². The summed E-state index contributed by atoms with van der Waals surface area (Å²) < 4.78 is 1.73. The summed E-state index contributed by atoms with van der Waals surface area (Å²) in [5.74, 6) is 0.518. The number of benzene rings is 1. The van der Waals surface area contributed by atoms with Gasteiger partial charge in [0.1, 0.15) is 11.5 Å². The van der Waals surface area contributed by atoms with E-state index in [1.807, 2.05) is 38.1 Å². The van der Waals surface area contributed by atoms with Gasteiger partial charge in [-0.25, -0.2) is 4.68 Å². The molecule has 0 saturated heterocycles. The van der Waals surface area contributed by atoms with Crippen LogP contribution in [0, 0.1) is 0 Å². The van der Waals surface area contributed by atoms with Gasteiger partial charge in [-0.05, 0) is 38.1 Å². The zero-order valence-electron chi connectivity index (χ0n) is 11.6. The van der Waals surface area contributed by atoms with Crippen LogP contribution in [0.4, 0.5) is 22.9 Å². The third-order valence-electron chi connectivity index (χ3n) is 2.92. The van der Waals surface area contributed by atoms with Gasteiger partial charge in [0.15, 0.2) is 0 Å². The van der Waals surface area contributed by atoms with Gasteiger partial charge in [-0.2, -0.15) is 5.10 Å². The molecule has 0 spiro atoms. The van der Waals surface area contributed by atoms with E-state index in [9.17, 15) is 0 Å². The van der Waals surface area contributed by atoms with Crippen LogP contribution in [-0.4, -0.2) is 9.78 Å². The number of hydrogen-bond donors (Lipinski definition) is 4. The first-order chi connectivity index (χ1) is 8.99. The second kappa shape index (κ2) is 6.38. The lowest BCUT2D eigenvalue weighted by Gasteiger charge is -2.06. The summed E-state index contributed by atoms with van der Waals surface area (Å²) in [6.07, 6.45) is 0. The molecule has 7 N–H and O–H groups in total. The minimum absolute atomic E-state index is 0. The molecule has 2 rings (SSSR count). The highest BCUT2D eigenvalue weighted by molar-refractivity contribution is 5.85. The largest absolute Gasteiger partial charge is 0.399 e. The minimum Gasteiger partial charge on any atom is -0.399 e. The second-order valence-corrected chi connectivity index (χ2v) is 4.76. The molecule has 6 nitrogen and oxygen atoms in total. The monoisotopic (exact) mass is 296 g/mol. The van der Waals surface area contributed by atoms with Crippen LogP contribution < -0.4 is 22.5 Å². The van der Waals surface area contributed by atoms with Crippen LogP contribution in [0.3, 0.4) is 0 Å². The number of nitrogens with zero attached hydrogens (tertiary/aromatic N) is 2. The summed E-state index contributed by atoms with van der Waals surface area (Å²) >= 11 is 0. The van der Waals surface area contributed by atoms with Crippen LogP contribution in [0.25, 0.3) is 0 Å². The third-order valence-corrected chi connectivity index (χ3v) is 2.92. The number of aromatic nitrogens is 2. The molecule has 0 aliphatic heterocycles. The fourth-order valence-corrected chi connectivity index (χ4v) is 1.82. The number of hydrogen-bond acceptors (Lipinski definition) is 5. The summed E-state index contributed by atoms with van der Waals surface area (Å²) in [6.45, 7) is 4.56. The summed E-state index contributed by atoms with van der Waals surface area (Å²) in [4.78, 5) is 0. The van der Waals surface area contributed by atoms with E-state index in [2.05, 4.69) is 10.4 Å². The fraction of sp³-hybridized carbons (Fsp3) is 0.308. The number of anilines is 4. The molecule has 0 fully saturated rings. The van der Waals surface area contributed by atoms with Crippen LogP contribution in [0.1, 0.15) is 25.6 Å². The Labute approximate surface area is 124 Å². The van der Waals surface area contributed by atoms with E-state index in [1.54, 1.807) is 4.68 Å². The van der Waals surface area contributed by atoms with Crippen molar-refractivity contribution in [3.63, 3.8) is 0 Å². The number of nitrogens with one attached hydrogen (secondary N) is 1. The maximum absolute atomic E-state index is 5.96. The second-order valence-electron chi connectivity index (χ2n) is 4.76. The van der Waals surface area contributed by atoms with Gasteiger partial charge in [-0.1, -0.05) is 0 Å². The molecule has 1 heterocycles. The average molecular weight is 297 g/mol. The summed E-state index contributed by atoms with van der Waals surface area (Å²) in [7, 11) is 0. The smallest absolute Gasteiger partial charge is 0.145 e. The molecule has 0 atom stereocenters. The maximum atomic E-state index is 5.96. The first kappa shape index (κ1) is 16.0. The van der Waals surface area contributed by atoms with Crippen molar-refractivity contribution >= 4 is 35.3 Å². The Morgan fingerprint density at radius 3 is 2.25 bits per heavy atom. The van der Waals surface area contributed by atoms with Gasteiger partial charge in [0.2, 0.25) is 0 Å². The van der Waals surface area contributed by atoms with Crippen molar-refractivity contribution in [2.45, 2.75) is 26.4 Å². The number of rotatable bonds is 4. The molecule has 1 aromatic carbocycles. The van der Waals surface area contributed by atoms with Crippen molar-refractivity contribution in [2.24, 2.45) is 0 Å². The number of halogens is 1. The van der Waals surface area contributed by atoms with Crippen molar-refractivity contribution in [3.8, 4) is 0 Å². The quantitative estimate of drug-likeness (QED) is 0.647. The first-order valence-corrected chi connectivity index (χ1v) is 6.20. The fourth-order valence-electron chi connectivity index (χ4n) is 1.82. The zero-order valence-corrected chi connectivity index (χ0v) is 12.4. The Kier molecular flexibility index (Phi) is 5.10. The molecule has 0 radical (unpaired) electrons. The molecule has 0 saturated carbocycles. The molecule has 7 heteroatoms. The Bertz CT molecular complexity index is 561. The highest BCUT2D eigenvalue weighted by atomic mass is 35.5. The molecule has 1 aromatic heterocycles. The highest BCUT2D eigenvalue weighted by Crippen LogP contribution is 2.23. The molecule has 0 unspecified atom stereocenters. The summed E-state index contributed by atoms with van der Waals surface area (Å²) in [5.41, 5.74) is 20.5. The van der Waals surface area contributed by atoms with Gasteiger partial charge in [-0.15, -0.1) is 12.4 Å². The molecule has 2 aromatic rings. The Hall–Kier alpha value is -2.08. The van der Waals surface area contributed by atoms with Gasteiger partial charge in [0.05, 0.1) is 12.2 Å². The normalized spacial score (nSPS) is 10.3. The van der Waals surface area contributed by atoms with Crippen molar-refractivity contribution in [3.05, 3.63) is 30.0 Å². The molecule has 0 bridgehead atoms. The van der Waals surface area contributed by atoms with E-state index in [4.69, 9.17) is 17.2 Å². The number of nitrogen functional groups attached to an aromatic ring is 3. The summed E-state index contributed by atoms with van der Waals surface area (Å²) in [6, 6.07) is 7.69. The van der Waals surface area contributed by atoms with E-state index in [0.29, 0.717) is 18.1 Å². The van der Waals surface area contributed by atoms with Gasteiger partial charge < -0.3 is 22.5 Å². The van der Waals surface area contributed by atoms with Gasteiger partial charge >= 0.3 is 0 Å². The molecule has 0 aliphatic rings. The SMILES string of the molecule is CC(C)n1nc(CNc2ccc(N)cc2)c(N)c1N.Cl. The Balaban J connectivity index is 0.00000200. The standard InChI is InChI=1S/C13H20N6.ClH/c1-8(2)19-13(16)12(15)11(18-19)7-17-10-5-3-9(14)4-6-10;/h3-6,8,17H,7,14-16H2,1-2H3;1H. The van der Waals surface area contributed by atoms with Crippen molar-refractivity contribution in [1.82, 2.24) is 9.78 Å². The predicted molar refractivity (Wildman–Crippen MR) is 86.9 cm³/mol. The Morgan fingerprint density at radius 2 is 1.75 bits per heavy atom. The van der Waals surface area contributed by atoms with Crippen molar-refractivity contribution < 1.29 is 0 Å². The predicted octanol–water partition coefficient (Wildman–Crippen LogP) is 2.24. The van der Waals surface area contributed by atoms with Gasteiger partial charge in [0, 0.05) is 17.4 Å². The first-order valence-electron chi connectivity index (χ1n) is 6.20. The van der Waals surface area contributed by atoms with Crippen molar-refractivity contribution in [1.29, 1.82) is 0 Å². The lowest BCUT2D eigenvalue weighted by molar-refractivity contribution is 0.535. The van der Waals surface area contributed by atoms with Crippen LogP contribution in [0.15, 0.2) is 24.3 Å². The van der Waals surface area contributed by atoms with Gasteiger partial charge in [0.25, 0.3) is 0 Å². The average Bonchev–Trinajstić information content (AvgIpc) is 2.66. The van der Waals surface area contributed by atoms with Crippen LogP contribution >= 0.6 is 12.4 Å². The lowest BCUT2D eigenvalue weighted by Crippen LogP contribution is -2.07. The third kappa shape index (κ3) is 3.27. The lowest BCUT2D eigenvalue weighted by atomic mass is 10.2. The molecule has 20 heavy (non-hydrogen) atoms.